The first-order valence-electron chi connectivity index (χ1n) is 7.13. The van der Waals surface area contributed by atoms with Gasteiger partial charge in [-0.1, -0.05) is 22.0 Å². The molecule has 0 saturated carbocycles. The standard InChI is InChI=1S/C17H17BrO5S/c1-12-3-8-15(24(2,20)21)11-16(12)17(19)23-10-9-22-14-6-4-13(18)5-7-14/h3-8,11H,9-10H2,1-2H3. The number of benzene rings is 2. The van der Waals surface area contributed by atoms with Crippen LogP contribution >= 0.6 is 15.9 Å². The van der Waals surface area contributed by atoms with Crippen molar-refractivity contribution in [3.63, 3.8) is 0 Å². The van der Waals surface area contributed by atoms with Gasteiger partial charge in [0.15, 0.2) is 9.84 Å². The van der Waals surface area contributed by atoms with Gasteiger partial charge in [0.05, 0.1) is 10.5 Å². The molecule has 2 rings (SSSR count). The van der Waals surface area contributed by atoms with Gasteiger partial charge in [-0.15, -0.1) is 0 Å². The lowest BCUT2D eigenvalue weighted by Gasteiger charge is -2.10. The molecule has 0 radical (unpaired) electrons. The molecule has 0 spiro atoms. The van der Waals surface area contributed by atoms with E-state index in [-0.39, 0.29) is 23.7 Å². The van der Waals surface area contributed by atoms with Crippen LogP contribution in [0.3, 0.4) is 0 Å². The van der Waals surface area contributed by atoms with Crippen LogP contribution in [0, 0.1) is 6.92 Å². The van der Waals surface area contributed by atoms with Crippen LogP contribution in [0.4, 0.5) is 0 Å². The summed E-state index contributed by atoms with van der Waals surface area (Å²) >= 11 is 3.33. The van der Waals surface area contributed by atoms with E-state index in [1.165, 1.54) is 12.1 Å². The fourth-order valence-corrected chi connectivity index (χ4v) is 2.87. The van der Waals surface area contributed by atoms with E-state index in [1.807, 2.05) is 12.1 Å². The first-order valence-corrected chi connectivity index (χ1v) is 9.82. The number of sulfone groups is 1. The third-order valence-corrected chi connectivity index (χ3v) is 4.89. The van der Waals surface area contributed by atoms with E-state index in [1.54, 1.807) is 25.1 Å². The molecule has 5 nitrogen and oxygen atoms in total. The van der Waals surface area contributed by atoms with Gasteiger partial charge in [0, 0.05) is 10.7 Å². The molecular formula is C17H17BrO5S. The number of carbonyl (C=O) groups excluding carboxylic acids is 1. The highest BCUT2D eigenvalue weighted by atomic mass is 79.9. The largest absolute Gasteiger partial charge is 0.490 e. The van der Waals surface area contributed by atoms with Crippen molar-refractivity contribution in [1.82, 2.24) is 0 Å². The summed E-state index contributed by atoms with van der Waals surface area (Å²) in [6, 6.07) is 11.7. The van der Waals surface area contributed by atoms with Crippen molar-refractivity contribution in [3.05, 3.63) is 58.1 Å². The zero-order chi connectivity index (χ0) is 17.7. The number of halogens is 1. The van der Waals surface area contributed by atoms with Gasteiger partial charge in [0.1, 0.15) is 19.0 Å². The topological polar surface area (TPSA) is 69.7 Å². The average Bonchev–Trinajstić information content (AvgIpc) is 2.52. The number of rotatable bonds is 6. The molecule has 24 heavy (non-hydrogen) atoms. The molecule has 2 aromatic rings. The lowest BCUT2D eigenvalue weighted by molar-refractivity contribution is 0.0449. The molecule has 0 atom stereocenters. The van der Waals surface area contributed by atoms with Crippen LogP contribution in [0.5, 0.6) is 5.75 Å². The molecule has 0 bridgehead atoms. The first-order chi connectivity index (χ1) is 11.3. The van der Waals surface area contributed by atoms with Crippen molar-refractivity contribution in [2.45, 2.75) is 11.8 Å². The van der Waals surface area contributed by atoms with Gasteiger partial charge < -0.3 is 9.47 Å². The maximum Gasteiger partial charge on any atom is 0.338 e. The third kappa shape index (κ3) is 5.07. The molecule has 2 aromatic carbocycles. The van der Waals surface area contributed by atoms with Crippen molar-refractivity contribution in [2.75, 3.05) is 19.5 Å². The maximum atomic E-state index is 12.1. The number of aryl methyl sites for hydroxylation is 1. The first kappa shape index (κ1) is 18.5. The van der Waals surface area contributed by atoms with Crippen LogP contribution in [0.25, 0.3) is 0 Å². The Morgan fingerprint density at radius 3 is 2.38 bits per heavy atom. The van der Waals surface area contributed by atoms with Crippen LogP contribution in [-0.4, -0.2) is 33.9 Å². The molecule has 0 amide bonds. The Morgan fingerprint density at radius 1 is 1.08 bits per heavy atom. The Morgan fingerprint density at radius 2 is 1.75 bits per heavy atom. The lowest BCUT2D eigenvalue weighted by Crippen LogP contribution is -2.14. The summed E-state index contributed by atoms with van der Waals surface area (Å²) in [7, 11) is -3.38. The highest BCUT2D eigenvalue weighted by molar-refractivity contribution is 9.10. The number of ether oxygens (including phenoxy) is 2. The van der Waals surface area contributed by atoms with Crippen molar-refractivity contribution in [1.29, 1.82) is 0 Å². The summed E-state index contributed by atoms with van der Waals surface area (Å²) in [5, 5.41) is 0. The van der Waals surface area contributed by atoms with E-state index < -0.39 is 15.8 Å². The van der Waals surface area contributed by atoms with Gasteiger partial charge in [-0.05, 0) is 48.9 Å². The van der Waals surface area contributed by atoms with Gasteiger partial charge in [-0.3, -0.25) is 0 Å². The molecule has 0 saturated heterocycles. The third-order valence-electron chi connectivity index (χ3n) is 3.26. The smallest absolute Gasteiger partial charge is 0.338 e. The molecule has 128 valence electrons. The predicted octanol–water partition coefficient (Wildman–Crippen LogP) is 3.40. The zero-order valence-corrected chi connectivity index (χ0v) is 15.7. The Hall–Kier alpha value is -1.86. The van der Waals surface area contributed by atoms with Crippen molar-refractivity contribution in [2.24, 2.45) is 0 Å². The monoisotopic (exact) mass is 412 g/mol. The molecule has 0 N–H and O–H groups in total. The van der Waals surface area contributed by atoms with Gasteiger partial charge >= 0.3 is 5.97 Å². The summed E-state index contributed by atoms with van der Waals surface area (Å²) in [6.45, 7) is 2.00. The fourth-order valence-electron chi connectivity index (χ4n) is 1.95. The maximum absolute atomic E-state index is 12.1. The van der Waals surface area contributed by atoms with E-state index in [0.29, 0.717) is 11.3 Å². The minimum Gasteiger partial charge on any atom is -0.490 e. The van der Waals surface area contributed by atoms with Crippen LogP contribution < -0.4 is 4.74 Å². The second-order valence-corrected chi connectivity index (χ2v) is 8.12. The van der Waals surface area contributed by atoms with Crippen molar-refractivity contribution < 1.29 is 22.7 Å². The number of hydrogen-bond donors (Lipinski definition) is 0. The van der Waals surface area contributed by atoms with Crippen molar-refractivity contribution in [3.8, 4) is 5.75 Å². The van der Waals surface area contributed by atoms with Gasteiger partial charge in [-0.2, -0.15) is 0 Å². The quantitative estimate of drug-likeness (QED) is 0.537. The van der Waals surface area contributed by atoms with E-state index in [2.05, 4.69) is 15.9 Å². The number of hydrogen-bond acceptors (Lipinski definition) is 5. The molecule has 0 aliphatic heterocycles. The molecule has 0 aliphatic carbocycles. The summed E-state index contributed by atoms with van der Waals surface area (Å²) in [5.41, 5.74) is 0.891. The van der Waals surface area contributed by atoms with Crippen LogP contribution in [0.1, 0.15) is 15.9 Å². The molecule has 0 fully saturated rings. The summed E-state index contributed by atoms with van der Waals surface area (Å²) in [6.07, 6.45) is 1.10. The highest BCUT2D eigenvalue weighted by Gasteiger charge is 2.15. The second kappa shape index (κ2) is 7.81. The number of carbonyl (C=O) groups is 1. The molecule has 0 heterocycles. The second-order valence-electron chi connectivity index (χ2n) is 5.19. The van der Waals surface area contributed by atoms with E-state index >= 15 is 0 Å². The van der Waals surface area contributed by atoms with E-state index in [0.717, 1.165) is 10.7 Å². The Bertz CT molecular complexity index is 829. The Labute approximate surface area is 149 Å². The fraction of sp³-hybridized carbons (Fsp3) is 0.235. The van der Waals surface area contributed by atoms with Crippen LogP contribution in [-0.2, 0) is 14.6 Å². The minimum atomic E-state index is -3.38. The molecule has 0 unspecified atom stereocenters. The lowest BCUT2D eigenvalue weighted by atomic mass is 10.1. The summed E-state index contributed by atoms with van der Waals surface area (Å²) in [5.74, 6) is 0.0990. The van der Waals surface area contributed by atoms with E-state index in [9.17, 15) is 13.2 Å². The normalized spacial score (nSPS) is 11.1. The SMILES string of the molecule is Cc1ccc(S(C)(=O)=O)cc1C(=O)OCCOc1ccc(Br)cc1. The van der Waals surface area contributed by atoms with Gasteiger partial charge in [0.25, 0.3) is 0 Å². The van der Waals surface area contributed by atoms with Crippen LogP contribution in [0.15, 0.2) is 51.8 Å². The minimum absolute atomic E-state index is 0.0669. The molecule has 0 aliphatic rings. The summed E-state index contributed by atoms with van der Waals surface area (Å²) in [4.78, 5) is 12.2. The van der Waals surface area contributed by atoms with Gasteiger partial charge in [0.2, 0.25) is 0 Å². The average molecular weight is 413 g/mol. The summed E-state index contributed by atoms with van der Waals surface area (Å²) < 4.78 is 34.7. The highest BCUT2D eigenvalue weighted by Crippen LogP contribution is 2.17. The van der Waals surface area contributed by atoms with E-state index in [4.69, 9.17) is 9.47 Å². The zero-order valence-electron chi connectivity index (χ0n) is 13.3. The van der Waals surface area contributed by atoms with Crippen LogP contribution in [0.2, 0.25) is 0 Å². The molecular weight excluding hydrogens is 396 g/mol. The number of esters is 1. The predicted molar refractivity (Wildman–Crippen MR) is 94.2 cm³/mol. The van der Waals surface area contributed by atoms with Crippen molar-refractivity contribution >= 4 is 31.7 Å². The Kier molecular flexibility index (Phi) is 6.01. The molecule has 0 aromatic heterocycles. The Balaban J connectivity index is 1.94. The molecule has 7 heteroatoms. The van der Waals surface area contributed by atoms with Gasteiger partial charge in [-0.25, -0.2) is 13.2 Å².